The summed E-state index contributed by atoms with van der Waals surface area (Å²) in [5, 5.41) is 41.6. The number of rotatable bonds is 8. The summed E-state index contributed by atoms with van der Waals surface area (Å²) in [7, 11) is 0. The van der Waals surface area contributed by atoms with E-state index in [1.54, 1.807) is 0 Å². The Labute approximate surface area is 168 Å². The largest absolute Gasteiger partial charge is 4.00 e. The SMILES string of the molecule is CCC(CC)(C(=O)[O-])C(=O)[O-].CCC(CC)(C(=O)[O-])C(=O)[O-].[Ce+4]. The van der Waals surface area contributed by atoms with Crippen LogP contribution < -0.4 is 20.4 Å². The van der Waals surface area contributed by atoms with Gasteiger partial charge in [0.15, 0.2) is 0 Å². The van der Waals surface area contributed by atoms with E-state index in [-0.39, 0.29) is 67.4 Å². The molecule has 0 aliphatic rings. The average molecular weight is 456 g/mol. The minimum absolute atomic E-state index is 0. The van der Waals surface area contributed by atoms with Crippen LogP contribution >= 0.6 is 0 Å². The summed E-state index contributed by atoms with van der Waals surface area (Å²) in [6.07, 6.45) is -0.0231. The van der Waals surface area contributed by atoms with Gasteiger partial charge in [-0.3, -0.25) is 0 Å². The van der Waals surface area contributed by atoms with Crippen molar-refractivity contribution in [3.8, 4) is 0 Å². The zero-order valence-electron chi connectivity index (χ0n) is 13.6. The van der Waals surface area contributed by atoms with Gasteiger partial charge in [-0.05, 0) is 25.7 Å². The van der Waals surface area contributed by atoms with Gasteiger partial charge in [-0.25, -0.2) is 0 Å². The molecule has 0 rings (SSSR count). The Balaban J connectivity index is -0.000000333. The van der Waals surface area contributed by atoms with E-state index in [0.29, 0.717) is 0 Å². The maximum Gasteiger partial charge on any atom is 4.00 e. The molecule has 0 aromatic rings. The second-order valence-electron chi connectivity index (χ2n) is 4.73. The van der Waals surface area contributed by atoms with Crippen molar-refractivity contribution >= 4 is 23.9 Å². The second-order valence-corrected chi connectivity index (χ2v) is 4.73. The number of hydrogen-bond donors (Lipinski definition) is 0. The average Bonchev–Trinajstić information content (AvgIpc) is 2.41. The van der Waals surface area contributed by atoms with Crippen molar-refractivity contribution < 1.29 is 81.4 Å². The van der Waals surface area contributed by atoms with E-state index in [1.807, 2.05) is 0 Å². The zero-order chi connectivity index (χ0) is 18.1. The predicted molar refractivity (Wildman–Crippen MR) is 66.1 cm³/mol. The van der Waals surface area contributed by atoms with Crippen molar-refractivity contribution in [1.29, 1.82) is 0 Å². The van der Waals surface area contributed by atoms with E-state index < -0.39 is 34.7 Å². The van der Waals surface area contributed by atoms with Gasteiger partial charge in [0.05, 0.1) is 23.9 Å². The molecule has 0 aromatic heterocycles. The number of carboxylic acids is 4. The maximum absolute atomic E-state index is 10.4. The summed E-state index contributed by atoms with van der Waals surface area (Å²) < 4.78 is 0. The molecule has 0 heterocycles. The molecule has 0 saturated carbocycles. The van der Waals surface area contributed by atoms with Gasteiger partial charge in [0, 0.05) is 10.8 Å². The number of carbonyl (C=O) groups excluding carboxylic acids is 4. The Hall–Kier alpha value is -0.743. The fourth-order valence-corrected chi connectivity index (χ4v) is 1.82. The first-order valence-electron chi connectivity index (χ1n) is 6.88. The topological polar surface area (TPSA) is 161 Å². The monoisotopic (exact) mass is 456 g/mol. The Morgan fingerprint density at radius 1 is 0.565 bits per heavy atom. The summed E-state index contributed by atoms with van der Waals surface area (Å²) in [4.78, 5) is 41.6. The molecule has 0 radical (unpaired) electrons. The number of hydrogen-bond acceptors (Lipinski definition) is 8. The first kappa shape index (κ1) is 27.1. The standard InChI is InChI=1S/2C7H12O4.Ce/c2*1-3-7(4-2,5(8)9)6(10)11;/h2*3-4H2,1-2H3,(H,8,9)(H,10,11);/q;;+4/p-4. The number of carboxylic acid groups (broad SMARTS) is 4. The van der Waals surface area contributed by atoms with Crippen LogP contribution in [-0.2, 0) is 19.2 Å². The molecule has 0 spiro atoms. The van der Waals surface area contributed by atoms with Crippen LogP contribution in [0.15, 0.2) is 0 Å². The van der Waals surface area contributed by atoms with Gasteiger partial charge in [0.2, 0.25) is 0 Å². The van der Waals surface area contributed by atoms with E-state index in [4.69, 9.17) is 0 Å². The van der Waals surface area contributed by atoms with Crippen LogP contribution in [0.3, 0.4) is 0 Å². The molecule has 0 amide bonds. The third kappa shape index (κ3) is 6.34. The molecule has 128 valence electrons. The van der Waals surface area contributed by atoms with Gasteiger partial charge in [0.25, 0.3) is 0 Å². The van der Waals surface area contributed by atoms with Crippen molar-refractivity contribution in [2.45, 2.75) is 53.4 Å². The van der Waals surface area contributed by atoms with Gasteiger partial charge in [-0.2, -0.15) is 0 Å². The molecular formula is C14H20CeO8. The minimum Gasteiger partial charge on any atom is -0.549 e. The van der Waals surface area contributed by atoms with Crippen LogP contribution in [0.25, 0.3) is 0 Å². The molecule has 9 heteroatoms. The van der Waals surface area contributed by atoms with E-state index in [2.05, 4.69) is 0 Å². The first-order valence-corrected chi connectivity index (χ1v) is 6.88. The van der Waals surface area contributed by atoms with E-state index >= 15 is 0 Å². The van der Waals surface area contributed by atoms with Crippen LogP contribution in [-0.4, -0.2) is 23.9 Å². The zero-order valence-corrected chi connectivity index (χ0v) is 16.7. The molecule has 0 N–H and O–H groups in total. The molecule has 0 bridgehead atoms. The molecule has 0 atom stereocenters. The fourth-order valence-electron chi connectivity index (χ4n) is 1.82. The van der Waals surface area contributed by atoms with Gasteiger partial charge in [-0.15, -0.1) is 0 Å². The maximum atomic E-state index is 10.4. The number of aliphatic carboxylic acids is 4. The van der Waals surface area contributed by atoms with Crippen molar-refractivity contribution in [1.82, 2.24) is 0 Å². The summed E-state index contributed by atoms with van der Waals surface area (Å²) in [5.74, 6) is -6.27. The molecule has 23 heavy (non-hydrogen) atoms. The smallest absolute Gasteiger partial charge is 0.549 e. The normalized spacial score (nSPS) is 10.6. The van der Waals surface area contributed by atoms with Crippen LogP contribution in [0.2, 0.25) is 0 Å². The molecule has 0 unspecified atom stereocenters. The van der Waals surface area contributed by atoms with Crippen molar-refractivity contribution in [2.75, 3.05) is 0 Å². The molecule has 8 nitrogen and oxygen atoms in total. The van der Waals surface area contributed by atoms with Gasteiger partial charge < -0.3 is 39.6 Å². The Morgan fingerprint density at radius 3 is 0.696 bits per heavy atom. The van der Waals surface area contributed by atoms with E-state index in [1.165, 1.54) is 27.7 Å². The Kier molecular flexibility index (Phi) is 13.8. The van der Waals surface area contributed by atoms with E-state index in [9.17, 15) is 39.6 Å². The number of carbonyl (C=O) groups is 4. The molecular weight excluding hydrogens is 436 g/mol. The van der Waals surface area contributed by atoms with Gasteiger partial charge in [0.1, 0.15) is 0 Å². The molecule has 0 aliphatic heterocycles. The third-order valence-electron chi connectivity index (χ3n) is 3.98. The second kappa shape index (κ2) is 11.7. The van der Waals surface area contributed by atoms with Crippen LogP contribution in [0.4, 0.5) is 0 Å². The summed E-state index contributed by atoms with van der Waals surface area (Å²) in [5.41, 5.74) is -3.61. The summed E-state index contributed by atoms with van der Waals surface area (Å²) in [6.45, 7) is 5.92. The van der Waals surface area contributed by atoms with Crippen molar-refractivity contribution in [3.63, 3.8) is 0 Å². The molecule has 0 aromatic carbocycles. The van der Waals surface area contributed by atoms with Gasteiger partial charge in [-0.1, -0.05) is 27.7 Å². The van der Waals surface area contributed by atoms with Crippen LogP contribution in [0.1, 0.15) is 53.4 Å². The van der Waals surface area contributed by atoms with Crippen molar-refractivity contribution in [3.05, 3.63) is 0 Å². The summed E-state index contributed by atoms with van der Waals surface area (Å²) in [6, 6.07) is 0. The van der Waals surface area contributed by atoms with Crippen molar-refractivity contribution in [2.24, 2.45) is 10.8 Å². The Bertz CT molecular complexity index is 352. The van der Waals surface area contributed by atoms with E-state index in [0.717, 1.165) is 0 Å². The van der Waals surface area contributed by atoms with Gasteiger partial charge >= 0.3 is 41.7 Å². The van der Waals surface area contributed by atoms with Crippen LogP contribution in [0, 0.1) is 52.6 Å². The molecule has 0 fully saturated rings. The fraction of sp³-hybridized carbons (Fsp3) is 0.714. The minimum atomic E-state index is -1.81. The predicted octanol–water partition coefficient (Wildman–Crippen LogP) is -3.41. The summed E-state index contributed by atoms with van der Waals surface area (Å²) >= 11 is 0. The quantitative estimate of drug-likeness (QED) is 0.341. The molecule has 0 aliphatic carbocycles. The first-order chi connectivity index (χ1) is 10.0. The molecule has 0 saturated heterocycles. The Morgan fingerprint density at radius 2 is 0.696 bits per heavy atom. The van der Waals surface area contributed by atoms with Crippen LogP contribution in [0.5, 0.6) is 0 Å². The third-order valence-corrected chi connectivity index (χ3v) is 3.98.